The summed E-state index contributed by atoms with van der Waals surface area (Å²) in [5.41, 5.74) is 2.88. The molecule has 1 aliphatic heterocycles. The van der Waals surface area contributed by atoms with Gasteiger partial charge in [-0.2, -0.15) is 0 Å². The van der Waals surface area contributed by atoms with Crippen LogP contribution in [0.3, 0.4) is 0 Å². The molecular formula is C18H16N2OS2. The largest absolute Gasteiger partial charge is 0.378 e. The van der Waals surface area contributed by atoms with Crippen LogP contribution >= 0.6 is 24.0 Å². The molecule has 0 bridgehead atoms. The number of anilines is 2. The Balaban J connectivity index is 1.88. The van der Waals surface area contributed by atoms with Crippen molar-refractivity contribution in [1.82, 2.24) is 0 Å². The summed E-state index contributed by atoms with van der Waals surface area (Å²) in [5.74, 6) is -0.0681. The minimum absolute atomic E-state index is 0.0681. The molecule has 3 nitrogen and oxygen atoms in total. The van der Waals surface area contributed by atoms with Gasteiger partial charge in [0.25, 0.3) is 5.91 Å². The van der Waals surface area contributed by atoms with E-state index in [0.29, 0.717) is 9.23 Å². The minimum Gasteiger partial charge on any atom is -0.378 e. The maximum absolute atomic E-state index is 12.7. The predicted octanol–water partition coefficient (Wildman–Crippen LogP) is 4.16. The molecule has 2 aromatic rings. The summed E-state index contributed by atoms with van der Waals surface area (Å²) < 4.78 is 0.565. The Bertz CT molecular complexity index is 767. The molecule has 1 aliphatic rings. The fourth-order valence-corrected chi connectivity index (χ4v) is 3.59. The molecule has 23 heavy (non-hydrogen) atoms. The zero-order valence-electron chi connectivity index (χ0n) is 12.9. The lowest BCUT2D eigenvalue weighted by molar-refractivity contribution is -0.113. The number of hydrogen-bond donors (Lipinski definition) is 0. The van der Waals surface area contributed by atoms with Gasteiger partial charge in [0.15, 0.2) is 4.32 Å². The third-order valence-corrected chi connectivity index (χ3v) is 4.82. The Hall–Kier alpha value is -2.11. The van der Waals surface area contributed by atoms with Crippen molar-refractivity contribution >= 4 is 51.7 Å². The van der Waals surface area contributed by atoms with Crippen LogP contribution in [0.4, 0.5) is 11.4 Å². The lowest BCUT2D eigenvalue weighted by Gasteiger charge is -2.17. The molecule has 0 radical (unpaired) electrons. The molecule has 0 aliphatic carbocycles. The van der Waals surface area contributed by atoms with Gasteiger partial charge in [-0.25, -0.2) is 0 Å². The number of rotatable bonds is 3. The second-order valence-corrected chi connectivity index (χ2v) is 7.01. The number of carbonyl (C=O) groups excluding carboxylic acids is 1. The summed E-state index contributed by atoms with van der Waals surface area (Å²) in [6.07, 6.45) is 1.88. The van der Waals surface area contributed by atoms with Crippen molar-refractivity contribution in [1.29, 1.82) is 0 Å². The van der Waals surface area contributed by atoms with Gasteiger partial charge in [0.2, 0.25) is 0 Å². The van der Waals surface area contributed by atoms with E-state index in [4.69, 9.17) is 12.2 Å². The average Bonchev–Trinajstić information content (AvgIpc) is 2.82. The first-order chi connectivity index (χ1) is 11.1. The molecule has 0 saturated carbocycles. The Morgan fingerprint density at radius 1 is 1.04 bits per heavy atom. The zero-order chi connectivity index (χ0) is 16.4. The molecule has 0 atom stereocenters. The van der Waals surface area contributed by atoms with Crippen molar-refractivity contribution in [3.63, 3.8) is 0 Å². The normalized spacial score (nSPS) is 16.3. The van der Waals surface area contributed by atoms with Crippen LogP contribution in [-0.2, 0) is 4.79 Å². The van der Waals surface area contributed by atoms with Crippen LogP contribution < -0.4 is 9.80 Å². The van der Waals surface area contributed by atoms with E-state index in [1.807, 2.05) is 79.7 Å². The Kier molecular flexibility index (Phi) is 4.50. The van der Waals surface area contributed by atoms with E-state index in [1.165, 1.54) is 11.8 Å². The third-order valence-electron chi connectivity index (χ3n) is 3.52. The van der Waals surface area contributed by atoms with Crippen LogP contribution in [0.5, 0.6) is 0 Å². The topological polar surface area (TPSA) is 23.6 Å². The summed E-state index contributed by atoms with van der Waals surface area (Å²) in [6, 6.07) is 17.6. The van der Waals surface area contributed by atoms with Gasteiger partial charge in [0, 0.05) is 19.8 Å². The zero-order valence-corrected chi connectivity index (χ0v) is 14.5. The molecule has 1 amide bonds. The first kappa shape index (κ1) is 15.8. The summed E-state index contributed by atoms with van der Waals surface area (Å²) in [7, 11) is 3.97. The first-order valence-electron chi connectivity index (χ1n) is 7.16. The van der Waals surface area contributed by atoms with Gasteiger partial charge in [-0.15, -0.1) is 0 Å². The number of hydrogen-bond acceptors (Lipinski definition) is 4. The molecule has 0 unspecified atom stereocenters. The fourth-order valence-electron chi connectivity index (χ4n) is 2.29. The molecule has 5 heteroatoms. The van der Waals surface area contributed by atoms with E-state index >= 15 is 0 Å². The number of benzene rings is 2. The van der Waals surface area contributed by atoms with Crippen molar-refractivity contribution in [2.75, 3.05) is 23.9 Å². The summed E-state index contributed by atoms with van der Waals surface area (Å²) in [4.78, 5) is 16.9. The summed E-state index contributed by atoms with van der Waals surface area (Å²) in [6.45, 7) is 0. The first-order valence-corrected chi connectivity index (χ1v) is 8.39. The lowest BCUT2D eigenvalue weighted by atomic mass is 10.2. The molecule has 0 aromatic heterocycles. The molecular weight excluding hydrogens is 324 g/mol. The van der Waals surface area contributed by atoms with E-state index in [0.717, 1.165) is 16.9 Å². The Morgan fingerprint density at radius 3 is 2.30 bits per heavy atom. The molecule has 1 heterocycles. The van der Waals surface area contributed by atoms with Crippen molar-refractivity contribution in [3.05, 3.63) is 65.1 Å². The van der Waals surface area contributed by atoms with E-state index < -0.39 is 0 Å². The molecule has 1 saturated heterocycles. The number of carbonyl (C=O) groups is 1. The van der Waals surface area contributed by atoms with E-state index in [2.05, 4.69) is 0 Å². The molecule has 1 fully saturated rings. The van der Waals surface area contributed by atoms with Crippen molar-refractivity contribution in [2.24, 2.45) is 0 Å². The fraction of sp³-hybridized carbons (Fsp3) is 0.111. The smallest absolute Gasteiger partial charge is 0.270 e. The highest BCUT2D eigenvalue weighted by Crippen LogP contribution is 2.36. The molecule has 0 spiro atoms. The van der Waals surface area contributed by atoms with Gasteiger partial charge in [-0.05, 0) is 35.9 Å². The Morgan fingerprint density at radius 2 is 1.70 bits per heavy atom. The lowest BCUT2D eigenvalue weighted by Crippen LogP contribution is -2.27. The van der Waals surface area contributed by atoms with Gasteiger partial charge in [-0.3, -0.25) is 9.69 Å². The predicted molar refractivity (Wildman–Crippen MR) is 103 cm³/mol. The molecule has 2 aromatic carbocycles. The highest BCUT2D eigenvalue weighted by atomic mass is 32.2. The van der Waals surface area contributed by atoms with Crippen LogP contribution in [0.15, 0.2) is 59.5 Å². The molecule has 116 valence electrons. The van der Waals surface area contributed by atoms with Crippen LogP contribution in [0.2, 0.25) is 0 Å². The highest BCUT2D eigenvalue weighted by Gasteiger charge is 2.33. The summed E-state index contributed by atoms with van der Waals surface area (Å²) >= 11 is 6.73. The monoisotopic (exact) mass is 340 g/mol. The van der Waals surface area contributed by atoms with Crippen LogP contribution in [0.1, 0.15) is 5.56 Å². The van der Waals surface area contributed by atoms with E-state index in [9.17, 15) is 4.79 Å². The van der Waals surface area contributed by atoms with Gasteiger partial charge < -0.3 is 4.90 Å². The summed E-state index contributed by atoms with van der Waals surface area (Å²) in [5, 5.41) is 0. The quantitative estimate of drug-likeness (QED) is 0.618. The molecule has 0 N–H and O–H groups in total. The van der Waals surface area contributed by atoms with Crippen LogP contribution in [-0.4, -0.2) is 24.3 Å². The standard InChI is InChI=1S/C18H16N2OS2/c1-19(2)14-8-10-15(11-9-14)20-17(21)16(23-18(20)22)12-13-6-4-3-5-7-13/h3-12H,1-2H3/b16-12+. The number of thioether (sulfide) groups is 1. The van der Waals surface area contributed by atoms with Crippen LogP contribution in [0.25, 0.3) is 6.08 Å². The van der Waals surface area contributed by atoms with Gasteiger partial charge in [-0.1, -0.05) is 54.3 Å². The number of amides is 1. The van der Waals surface area contributed by atoms with Crippen molar-refractivity contribution in [2.45, 2.75) is 0 Å². The number of nitrogens with zero attached hydrogens (tertiary/aromatic N) is 2. The second kappa shape index (κ2) is 6.56. The highest BCUT2D eigenvalue weighted by molar-refractivity contribution is 8.27. The van der Waals surface area contributed by atoms with Crippen molar-refractivity contribution < 1.29 is 4.79 Å². The van der Waals surface area contributed by atoms with Gasteiger partial charge in [0.05, 0.1) is 10.6 Å². The minimum atomic E-state index is -0.0681. The molecule has 3 rings (SSSR count). The van der Waals surface area contributed by atoms with E-state index in [1.54, 1.807) is 4.90 Å². The van der Waals surface area contributed by atoms with E-state index in [-0.39, 0.29) is 5.91 Å². The van der Waals surface area contributed by atoms with Gasteiger partial charge >= 0.3 is 0 Å². The van der Waals surface area contributed by atoms with Crippen molar-refractivity contribution in [3.8, 4) is 0 Å². The van der Waals surface area contributed by atoms with Crippen LogP contribution in [0, 0.1) is 0 Å². The maximum atomic E-state index is 12.7. The maximum Gasteiger partial charge on any atom is 0.270 e. The average molecular weight is 340 g/mol. The number of thiocarbonyl (C=S) groups is 1. The SMILES string of the molecule is CN(C)c1ccc(N2C(=O)/C(=C\c3ccccc3)SC2=S)cc1. The third kappa shape index (κ3) is 3.30. The second-order valence-electron chi connectivity index (χ2n) is 5.34. The Labute approximate surface area is 145 Å². The van der Waals surface area contributed by atoms with Gasteiger partial charge in [0.1, 0.15) is 0 Å².